The first kappa shape index (κ1) is 16.0. The maximum Gasteiger partial charge on any atom is 0.128 e. The predicted molar refractivity (Wildman–Crippen MR) is 86.4 cm³/mol. The van der Waals surface area contributed by atoms with Crippen molar-refractivity contribution in [3.63, 3.8) is 0 Å². The van der Waals surface area contributed by atoms with E-state index in [-0.39, 0.29) is 6.04 Å². The predicted octanol–water partition coefficient (Wildman–Crippen LogP) is 4.60. The molecule has 0 saturated carbocycles. The van der Waals surface area contributed by atoms with Crippen LogP contribution in [0.5, 0.6) is 11.5 Å². The SMILES string of the molecule is COc1ccc([C@H](C)N)c(OCc2ccc(Cl)cc2Cl)c1. The number of nitrogens with two attached hydrogens (primary N) is 1. The molecule has 0 aliphatic carbocycles. The molecule has 0 radical (unpaired) electrons. The van der Waals surface area contributed by atoms with Crippen LogP contribution in [0.25, 0.3) is 0 Å². The normalized spacial score (nSPS) is 12.0. The minimum Gasteiger partial charge on any atom is -0.497 e. The summed E-state index contributed by atoms with van der Waals surface area (Å²) in [4.78, 5) is 0. The smallest absolute Gasteiger partial charge is 0.128 e. The van der Waals surface area contributed by atoms with E-state index in [4.69, 9.17) is 38.4 Å². The summed E-state index contributed by atoms with van der Waals surface area (Å²) >= 11 is 12.0. The molecule has 0 spiro atoms. The summed E-state index contributed by atoms with van der Waals surface area (Å²) in [5.74, 6) is 1.41. The van der Waals surface area contributed by atoms with Gasteiger partial charge in [-0.3, -0.25) is 0 Å². The van der Waals surface area contributed by atoms with Crippen molar-refractivity contribution in [1.29, 1.82) is 0 Å². The molecule has 2 N–H and O–H groups in total. The Bertz CT molecular complexity index is 630. The zero-order valence-electron chi connectivity index (χ0n) is 11.9. The van der Waals surface area contributed by atoms with Gasteiger partial charge in [0.15, 0.2) is 0 Å². The Balaban J connectivity index is 2.22. The molecule has 2 aromatic rings. The Morgan fingerprint density at radius 2 is 1.90 bits per heavy atom. The zero-order valence-corrected chi connectivity index (χ0v) is 13.4. The van der Waals surface area contributed by atoms with Gasteiger partial charge >= 0.3 is 0 Å². The molecule has 0 saturated heterocycles. The van der Waals surface area contributed by atoms with Gasteiger partial charge in [0.2, 0.25) is 0 Å². The van der Waals surface area contributed by atoms with E-state index in [1.54, 1.807) is 19.2 Å². The largest absolute Gasteiger partial charge is 0.497 e. The number of ether oxygens (including phenoxy) is 2. The maximum absolute atomic E-state index is 6.14. The van der Waals surface area contributed by atoms with E-state index < -0.39 is 0 Å². The van der Waals surface area contributed by atoms with Crippen molar-refractivity contribution in [3.8, 4) is 11.5 Å². The van der Waals surface area contributed by atoms with Crippen LogP contribution in [-0.4, -0.2) is 7.11 Å². The lowest BCUT2D eigenvalue weighted by Crippen LogP contribution is -2.08. The summed E-state index contributed by atoms with van der Waals surface area (Å²) in [7, 11) is 1.61. The van der Waals surface area contributed by atoms with Gasteiger partial charge in [0.1, 0.15) is 18.1 Å². The van der Waals surface area contributed by atoms with Crippen LogP contribution in [0.3, 0.4) is 0 Å². The van der Waals surface area contributed by atoms with E-state index in [0.29, 0.717) is 22.4 Å². The lowest BCUT2D eigenvalue weighted by atomic mass is 10.1. The number of benzene rings is 2. The second-order valence-corrected chi connectivity index (χ2v) is 5.56. The van der Waals surface area contributed by atoms with Crippen LogP contribution in [0, 0.1) is 0 Å². The van der Waals surface area contributed by atoms with E-state index in [0.717, 1.165) is 16.9 Å². The van der Waals surface area contributed by atoms with Crippen molar-refractivity contribution in [2.75, 3.05) is 7.11 Å². The van der Waals surface area contributed by atoms with Crippen molar-refractivity contribution < 1.29 is 9.47 Å². The maximum atomic E-state index is 6.14. The van der Waals surface area contributed by atoms with E-state index in [2.05, 4.69) is 0 Å². The lowest BCUT2D eigenvalue weighted by Gasteiger charge is -2.15. The Morgan fingerprint density at radius 1 is 1.14 bits per heavy atom. The van der Waals surface area contributed by atoms with Crippen molar-refractivity contribution in [1.82, 2.24) is 0 Å². The van der Waals surface area contributed by atoms with Gasteiger partial charge in [-0.25, -0.2) is 0 Å². The van der Waals surface area contributed by atoms with Gasteiger partial charge < -0.3 is 15.2 Å². The van der Waals surface area contributed by atoms with Crippen molar-refractivity contribution in [2.45, 2.75) is 19.6 Å². The van der Waals surface area contributed by atoms with Gasteiger partial charge in [-0.15, -0.1) is 0 Å². The van der Waals surface area contributed by atoms with Gasteiger partial charge in [0.05, 0.1) is 7.11 Å². The molecule has 5 heteroatoms. The van der Waals surface area contributed by atoms with Gasteiger partial charge in [0, 0.05) is 33.3 Å². The Labute approximate surface area is 134 Å². The third kappa shape index (κ3) is 4.03. The minimum absolute atomic E-state index is 0.133. The molecule has 0 aromatic heterocycles. The summed E-state index contributed by atoms with van der Waals surface area (Å²) in [5.41, 5.74) is 7.74. The van der Waals surface area contributed by atoms with Crippen molar-refractivity contribution >= 4 is 23.2 Å². The van der Waals surface area contributed by atoms with E-state index in [1.165, 1.54) is 0 Å². The molecule has 2 aromatic carbocycles. The van der Waals surface area contributed by atoms with Gasteiger partial charge in [-0.1, -0.05) is 35.3 Å². The second-order valence-electron chi connectivity index (χ2n) is 4.72. The van der Waals surface area contributed by atoms with E-state index >= 15 is 0 Å². The Morgan fingerprint density at radius 3 is 2.52 bits per heavy atom. The van der Waals surface area contributed by atoms with Crippen LogP contribution in [0.4, 0.5) is 0 Å². The molecular formula is C16H17Cl2NO2. The topological polar surface area (TPSA) is 44.5 Å². The van der Waals surface area contributed by atoms with Crippen LogP contribution in [-0.2, 0) is 6.61 Å². The second kappa shape index (κ2) is 7.03. The summed E-state index contributed by atoms with van der Waals surface area (Å²) in [5, 5.41) is 1.18. The average Bonchev–Trinajstić information content (AvgIpc) is 2.45. The van der Waals surface area contributed by atoms with Crippen molar-refractivity contribution in [2.24, 2.45) is 5.73 Å². The molecule has 0 amide bonds. The molecule has 21 heavy (non-hydrogen) atoms. The Kier molecular flexibility index (Phi) is 5.34. The number of hydrogen-bond acceptors (Lipinski definition) is 3. The first-order valence-corrected chi connectivity index (χ1v) is 7.27. The fourth-order valence-corrected chi connectivity index (χ4v) is 2.40. The molecule has 0 aliphatic heterocycles. The lowest BCUT2D eigenvalue weighted by molar-refractivity contribution is 0.299. The summed E-state index contributed by atoms with van der Waals surface area (Å²) in [6.45, 7) is 2.24. The molecular weight excluding hydrogens is 309 g/mol. The molecule has 3 nitrogen and oxygen atoms in total. The Hall–Kier alpha value is -1.42. The fraction of sp³-hybridized carbons (Fsp3) is 0.250. The fourth-order valence-electron chi connectivity index (χ4n) is 1.94. The molecule has 0 fully saturated rings. The quantitative estimate of drug-likeness (QED) is 0.873. The molecule has 112 valence electrons. The minimum atomic E-state index is -0.133. The van der Waals surface area contributed by atoms with Crippen LogP contribution in [0.15, 0.2) is 36.4 Å². The number of halogens is 2. The highest BCUT2D eigenvalue weighted by Crippen LogP contribution is 2.30. The van der Waals surface area contributed by atoms with Crippen LogP contribution >= 0.6 is 23.2 Å². The molecule has 0 aliphatic rings. The first-order chi connectivity index (χ1) is 10.0. The van der Waals surface area contributed by atoms with Gasteiger partial charge in [-0.05, 0) is 25.1 Å². The van der Waals surface area contributed by atoms with Crippen molar-refractivity contribution in [3.05, 3.63) is 57.6 Å². The third-order valence-electron chi connectivity index (χ3n) is 3.11. The highest BCUT2D eigenvalue weighted by molar-refractivity contribution is 6.35. The first-order valence-electron chi connectivity index (χ1n) is 6.51. The van der Waals surface area contributed by atoms with Crippen LogP contribution < -0.4 is 15.2 Å². The third-order valence-corrected chi connectivity index (χ3v) is 3.70. The summed E-state index contributed by atoms with van der Waals surface area (Å²) in [6, 6.07) is 10.8. The van der Waals surface area contributed by atoms with Crippen LogP contribution in [0.2, 0.25) is 10.0 Å². The molecule has 2 rings (SSSR count). The standard InChI is InChI=1S/C16H17Cl2NO2/c1-10(19)14-6-5-13(20-2)8-16(14)21-9-11-3-4-12(17)7-15(11)18/h3-8,10H,9,19H2,1-2H3/t10-/m0/s1. The average molecular weight is 326 g/mol. The number of methoxy groups -OCH3 is 1. The highest BCUT2D eigenvalue weighted by atomic mass is 35.5. The summed E-state index contributed by atoms with van der Waals surface area (Å²) < 4.78 is 11.1. The molecule has 0 unspecified atom stereocenters. The molecule has 0 bridgehead atoms. The monoisotopic (exact) mass is 325 g/mol. The van der Waals surface area contributed by atoms with E-state index in [1.807, 2.05) is 31.2 Å². The van der Waals surface area contributed by atoms with Gasteiger partial charge in [-0.2, -0.15) is 0 Å². The number of hydrogen-bond donors (Lipinski definition) is 1. The summed E-state index contributed by atoms with van der Waals surface area (Å²) in [6.07, 6.45) is 0. The highest BCUT2D eigenvalue weighted by Gasteiger charge is 2.11. The van der Waals surface area contributed by atoms with Gasteiger partial charge in [0.25, 0.3) is 0 Å². The molecule has 0 heterocycles. The van der Waals surface area contributed by atoms with Crippen LogP contribution in [0.1, 0.15) is 24.1 Å². The zero-order chi connectivity index (χ0) is 15.4. The number of rotatable bonds is 5. The molecule has 1 atom stereocenters. The van der Waals surface area contributed by atoms with E-state index in [9.17, 15) is 0 Å².